The Morgan fingerprint density at radius 1 is 1.06 bits per heavy atom. The number of aromatic nitrogens is 3. The van der Waals surface area contributed by atoms with Crippen LogP contribution in [0.4, 0.5) is 17.8 Å². The summed E-state index contributed by atoms with van der Waals surface area (Å²) < 4.78 is 10.1. The van der Waals surface area contributed by atoms with Crippen molar-refractivity contribution in [2.75, 3.05) is 49.1 Å². The summed E-state index contributed by atoms with van der Waals surface area (Å²) in [6, 6.07) is 16.9. The van der Waals surface area contributed by atoms with E-state index in [2.05, 4.69) is 35.7 Å². The highest BCUT2D eigenvalue weighted by Crippen LogP contribution is 2.16. The highest BCUT2D eigenvalue weighted by molar-refractivity contribution is 5.90. The topological polar surface area (TPSA) is 114 Å². The minimum atomic E-state index is -0.382. The molecule has 0 saturated carbocycles. The van der Waals surface area contributed by atoms with E-state index in [1.807, 2.05) is 30.3 Å². The molecule has 0 spiro atoms. The van der Waals surface area contributed by atoms with Gasteiger partial charge in [0.2, 0.25) is 17.8 Å². The molecule has 1 saturated heterocycles. The molecule has 2 N–H and O–H groups in total. The predicted molar refractivity (Wildman–Crippen MR) is 126 cm³/mol. The van der Waals surface area contributed by atoms with Crippen molar-refractivity contribution in [2.45, 2.75) is 6.54 Å². The Morgan fingerprint density at radius 3 is 2.52 bits per heavy atom. The van der Waals surface area contributed by atoms with E-state index >= 15 is 0 Å². The van der Waals surface area contributed by atoms with Crippen LogP contribution < -0.4 is 15.6 Å². The maximum absolute atomic E-state index is 11.6. The number of carbonyl (C=O) groups is 1. The molecule has 0 bridgehead atoms. The lowest BCUT2D eigenvalue weighted by molar-refractivity contribution is 0.0600. The molecule has 10 nitrogen and oxygen atoms in total. The van der Waals surface area contributed by atoms with Crippen molar-refractivity contribution in [3.63, 3.8) is 0 Å². The molecule has 0 amide bonds. The number of nitrogens with one attached hydrogen (secondary N) is 2. The van der Waals surface area contributed by atoms with Gasteiger partial charge in [-0.25, -0.2) is 10.2 Å². The molecular weight excluding hydrogens is 422 g/mol. The van der Waals surface area contributed by atoms with Crippen LogP contribution in [0.3, 0.4) is 0 Å². The number of nitrogens with zero attached hydrogens (tertiary/aromatic N) is 5. The van der Waals surface area contributed by atoms with Crippen molar-refractivity contribution in [1.29, 1.82) is 0 Å². The van der Waals surface area contributed by atoms with Crippen molar-refractivity contribution in [3.8, 4) is 0 Å². The van der Waals surface area contributed by atoms with Crippen LogP contribution >= 0.6 is 0 Å². The molecule has 0 radical (unpaired) electrons. The van der Waals surface area contributed by atoms with Gasteiger partial charge in [0, 0.05) is 19.6 Å². The van der Waals surface area contributed by atoms with Crippen LogP contribution in [-0.2, 0) is 16.0 Å². The number of methoxy groups -OCH3 is 1. The zero-order valence-electron chi connectivity index (χ0n) is 18.3. The largest absolute Gasteiger partial charge is 0.465 e. The van der Waals surface area contributed by atoms with E-state index < -0.39 is 0 Å². The Balaban J connectivity index is 1.48. The lowest BCUT2D eigenvalue weighted by atomic mass is 10.1. The lowest BCUT2D eigenvalue weighted by Crippen LogP contribution is -2.37. The first-order valence-electron chi connectivity index (χ1n) is 10.6. The standard InChI is InChI=1S/C23H25N7O3/c1-32-20(31)19-9-7-18(8-10-19)16-25-29-22-26-21(24-15-17-5-3-2-4-6-17)27-23(28-22)30-11-13-33-14-12-30/h2-10,16H,11-15H2,1H3,(H2,24,26,27,28,29). The maximum atomic E-state index is 11.6. The number of ether oxygens (including phenoxy) is 2. The number of hydrazone groups is 1. The van der Waals surface area contributed by atoms with Gasteiger partial charge < -0.3 is 19.7 Å². The monoisotopic (exact) mass is 447 g/mol. The molecule has 3 aromatic rings. The zero-order chi connectivity index (χ0) is 22.9. The summed E-state index contributed by atoms with van der Waals surface area (Å²) in [4.78, 5) is 27.1. The van der Waals surface area contributed by atoms with E-state index in [-0.39, 0.29) is 5.97 Å². The van der Waals surface area contributed by atoms with E-state index in [0.717, 1.165) is 11.1 Å². The first kappa shape index (κ1) is 22.2. The third-order valence-electron chi connectivity index (χ3n) is 4.92. The van der Waals surface area contributed by atoms with Gasteiger partial charge >= 0.3 is 5.97 Å². The fourth-order valence-corrected chi connectivity index (χ4v) is 3.16. The Labute approximate surface area is 191 Å². The van der Waals surface area contributed by atoms with Crippen molar-refractivity contribution in [2.24, 2.45) is 5.10 Å². The van der Waals surface area contributed by atoms with Crippen LogP contribution in [0.25, 0.3) is 0 Å². The highest BCUT2D eigenvalue weighted by Gasteiger charge is 2.16. The Hall–Kier alpha value is -4.05. The molecule has 1 aliphatic rings. The van der Waals surface area contributed by atoms with E-state index in [0.29, 0.717) is 56.3 Å². The minimum absolute atomic E-state index is 0.324. The van der Waals surface area contributed by atoms with Crippen molar-refractivity contribution in [1.82, 2.24) is 15.0 Å². The number of carbonyl (C=O) groups excluding carboxylic acids is 1. The van der Waals surface area contributed by atoms with Crippen LogP contribution in [0.5, 0.6) is 0 Å². The maximum Gasteiger partial charge on any atom is 0.337 e. The van der Waals surface area contributed by atoms with Gasteiger partial charge in [-0.2, -0.15) is 20.1 Å². The molecule has 1 aromatic heterocycles. The van der Waals surface area contributed by atoms with Gasteiger partial charge in [0.25, 0.3) is 0 Å². The smallest absolute Gasteiger partial charge is 0.337 e. The van der Waals surface area contributed by atoms with Crippen LogP contribution in [0.15, 0.2) is 59.7 Å². The number of hydrogen-bond acceptors (Lipinski definition) is 10. The number of rotatable bonds is 8. The molecule has 0 aliphatic carbocycles. The lowest BCUT2D eigenvalue weighted by Gasteiger charge is -2.27. The van der Waals surface area contributed by atoms with Crippen LogP contribution in [0.2, 0.25) is 0 Å². The van der Waals surface area contributed by atoms with Crippen LogP contribution in [0, 0.1) is 0 Å². The van der Waals surface area contributed by atoms with E-state index in [4.69, 9.17) is 9.47 Å². The average molecular weight is 447 g/mol. The molecule has 2 heterocycles. The summed E-state index contributed by atoms with van der Waals surface area (Å²) in [6.45, 7) is 3.25. The zero-order valence-corrected chi connectivity index (χ0v) is 18.3. The Kier molecular flexibility index (Phi) is 7.39. The molecule has 1 fully saturated rings. The predicted octanol–water partition coefficient (Wildman–Crippen LogP) is 2.55. The molecule has 2 aromatic carbocycles. The summed E-state index contributed by atoms with van der Waals surface area (Å²) in [5, 5.41) is 7.49. The Bertz CT molecular complexity index is 1080. The summed E-state index contributed by atoms with van der Waals surface area (Å²) in [5.41, 5.74) is 5.28. The summed E-state index contributed by atoms with van der Waals surface area (Å²) >= 11 is 0. The molecule has 33 heavy (non-hydrogen) atoms. The normalized spacial score (nSPS) is 13.7. The number of anilines is 3. The van der Waals surface area contributed by atoms with E-state index in [1.165, 1.54) is 7.11 Å². The molecule has 4 rings (SSSR count). The number of benzene rings is 2. The molecule has 170 valence electrons. The summed E-state index contributed by atoms with van der Waals surface area (Å²) in [5.74, 6) is 0.955. The highest BCUT2D eigenvalue weighted by atomic mass is 16.5. The van der Waals surface area contributed by atoms with Gasteiger partial charge in [-0.1, -0.05) is 42.5 Å². The number of morpholine rings is 1. The fourth-order valence-electron chi connectivity index (χ4n) is 3.16. The molecule has 10 heteroatoms. The van der Waals surface area contributed by atoms with Gasteiger partial charge in [-0.3, -0.25) is 0 Å². The van der Waals surface area contributed by atoms with Crippen molar-refractivity contribution < 1.29 is 14.3 Å². The average Bonchev–Trinajstić information content (AvgIpc) is 2.88. The SMILES string of the molecule is COC(=O)c1ccc(C=NNc2nc(NCc3ccccc3)nc(N3CCOCC3)n2)cc1. The van der Waals surface area contributed by atoms with Crippen molar-refractivity contribution in [3.05, 3.63) is 71.3 Å². The van der Waals surface area contributed by atoms with Gasteiger partial charge in [-0.05, 0) is 23.3 Å². The quantitative estimate of drug-likeness (QED) is 0.305. The van der Waals surface area contributed by atoms with Gasteiger partial charge in [-0.15, -0.1) is 0 Å². The fraction of sp³-hybridized carbons (Fsp3) is 0.261. The second-order valence-electron chi connectivity index (χ2n) is 7.20. The van der Waals surface area contributed by atoms with E-state index in [1.54, 1.807) is 30.5 Å². The molecular formula is C23H25N7O3. The van der Waals surface area contributed by atoms with Gasteiger partial charge in [0.1, 0.15) is 0 Å². The first-order chi connectivity index (χ1) is 16.2. The number of esters is 1. The first-order valence-corrected chi connectivity index (χ1v) is 10.6. The molecule has 0 unspecified atom stereocenters. The van der Waals surface area contributed by atoms with Crippen LogP contribution in [0.1, 0.15) is 21.5 Å². The molecule has 0 atom stereocenters. The van der Waals surface area contributed by atoms with Crippen LogP contribution in [-0.4, -0.2) is 60.5 Å². The summed E-state index contributed by atoms with van der Waals surface area (Å²) in [7, 11) is 1.35. The molecule has 1 aliphatic heterocycles. The van der Waals surface area contributed by atoms with Gasteiger partial charge in [0.05, 0.1) is 32.1 Å². The third-order valence-corrected chi connectivity index (χ3v) is 4.92. The second-order valence-corrected chi connectivity index (χ2v) is 7.20. The third kappa shape index (κ3) is 6.23. The van der Waals surface area contributed by atoms with Gasteiger partial charge in [0.15, 0.2) is 0 Å². The summed E-state index contributed by atoms with van der Waals surface area (Å²) in [6.07, 6.45) is 1.62. The Morgan fingerprint density at radius 2 is 1.79 bits per heavy atom. The number of hydrogen-bond donors (Lipinski definition) is 2. The van der Waals surface area contributed by atoms with Crippen molar-refractivity contribution >= 4 is 30.0 Å². The minimum Gasteiger partial charge on any atom is -0.465 e. The second kappa shape index (κ2) is 11.0. The van der Waals surface area contributed by atoms with E-state index in [9.17, 15) is 4.79 Å².